The first-order valence-electron chi connectivity index (χ1n) is 5.75. The van der Waals surface area contributed by atoms with Gasteiger partial charge in [-0.1, -0.05) is 0 Å². The van der Waals surface area contributed by atoms with E-state index in [0.717, 1.165) is 0 Å². The van der Waals surface area contributed by atoms with Gasteiger partial charge < -0.3 is 10.5 Å². The molecule has 0 saturated carbocycles. The van der Waals surface area contributed by atoms with Crippen molar-refractivity contribution in [2.45, 2.75) is 12.4 Å². The highest BCUT2D eigenvalue weighted by molar-refractivity contribution is 5.43. The molecule has 2 aromatic rings. The van der Waals surface area contributed by atoms with Gasteiger partial charge in [-0.15, -0.1) is 0 Å². The number of alkyl halides is 6. The van der Waals surface area contributed by atoms with Crippen LogP contribution in [0.5, 0.6) is 11.5 Å². The number of nitrogens with two attached hydrogens (primary N) is 1. The van der Waals surface area contributed by atoms with Crippen LogP contribution in [0.4, 0.5) is 32.0 Å². The predicted molar refractivity (Wildman–Crippen MR) is 65.2 cm³/mol. The smallest absolute Gasteiger partial charge is 0.433 e. The number of anilines is 1. The summed E-state index contributed by atoms with van der Waals surface area (Å²) in [6, 6.07) is 6.21. The summed E-state index contributed by atoms with van der Waals surface area (Å²) >= 11 is 0. The van der Waals surface area contributed by atoms with Gasteiger partial charge in [-0.05, 0) is 24.3 Å². The summed E-state index contributed by atoms with van der Waals surface area (Å²) in [5, 5.41) is 0. The van der Waals surface area contributed by atoms with Crippen LogP contribution in [0.1, 0.15) is 11.4 Å². The van der Waals surface area contributed by atoms with Crippen molar-refractivity contribution in [1.82, 2.24) is 4.98 Å². The molecule has 2 N–H and O–H groups in total. The van der Waals surface area contributed by atoms with E-state index in [1.807, 2.05) is 0 Å². The Labute approximate surface area is 120 Å². The number of benzene rings is 1. The number of pyridine rings is 1. The fourth-order valence-electron chi connectivity index (χ4n) is 1.53. The summed E-state index contributed by atoms with van der Waals surface area (Å²) in [5.41, 5.74) is 2.41. The molecule has 3 nitrogen and oxygen atoms in total. The predicted octanol–water partition coefficient (Wildman–Crippen LogP) is 4.49. The first-order chi connectivity index (χ1) is 10.1. The van der Waals surface area contributed by atoms with Crippen LogP contribution in [-0.4, -0.2) is 4.98 Å². The molecule has 0 aliphatic rings. The van der Waals surface area contributed by atoms with Crippen LogP contribution in [0.15, 0.2) is 36.4 Å². The maximum atomic E-state index is 12.6. The molecule has 0 aliphatic carbocycles. The lowest BCUT2D eigenvalue weighted by atomic mass is 10.2. The molecule has 0 fully saturated rings. The standard InChI is InChI=1S/C13H8F6N2O/c14-12(15,16)10-5-9(6-11(21-10)13(17,18)19)22-8-3-1-7(20)2-4-8/h1-6H,20H2. The van der Waals surface area contributed by atoms with Gasteiger partial charge in [-0.25, -0.2) is 4.98 Å². The third-order valence-corrected chi connectivity index (χ3v) is 2.50. The van der Waals surface area contributed by atoms with Crippen LogP contribution in [0.25, 0.3) is 0 Å². The Balaban J connectivity index is 2.44. The average Bonchev–Trinajstić information content (AvgIpc) is 2.39. The quantitative estimate of drug-likeness (QED) is 0.654. The molecule has 0 atom stereocenters. The van der Waals surface area contributed by atoms with E-state index in [0.29, 0.717) is 17.8 Å². The summed E-state index contributed by atoms with van der Waals surface area (Å²) in [4.78, 5) is 2.58. The van der Waals surface area contributed by atoms with Crippen LogP contribution < -0.4 is 10.5 Å². The first-order valence-corrected chi connectivity index (χ1v) is 5.75. The Kier molecular flexibility index (Phi) is 3.90. The van der Waals surface area contributed by atoms with Crippen LogP contribution in [0.3, 0.4) is 0 Å². The monoisotopic (exact) mass is 322 g/mol. The molecule has 0 radical (unpaired) electrons. The molecular formula is C13H8F6N2O. The molecule has 0 aliphatic heterocycles. The molecule has 118 valence electrons. The lowest BCUT2D eigenvalue weighted by Gasteiger charge is -2.13. The van der Waals surface area contributed by atoms with Crippen molar-refractivity contribution in [3.63, 3.8) is 0 Å². The van der Waals surface area contributed by atoms with Crippen molar-refractivity contribution in [2.24, 2.45) is 0 Å². The zero-order valence-corrected chi connectivity index (χ0v) is 10.7. The molecule has 2 rings (SSSR count). The van der Waals surface area contributed by atoms with Crippen LogP contribution in [0.2, 0.25) is 0 Å². The first kappa shape index (κ1) is 15.9. The van der Waals surface area contributed by atoms with Gasteiger partial charge in [0.25, 0.3) is 0 Å². The van der Waals surface area contributed by atoms with Crippen molar-refractivity contribution in [3.05, 3.63) is 47.8 Å². The second-order valence-corrected chi connectivity index (χ2v) is 4.24. The molecule has 0 bridgehead atoms. The lowest BCUT2D eigenvalue weighted by molar-refractivity contribution is -0.150. The minimum atomic E-state index is -5.03. The number of nitrogens with zero attached hydrogens (tertiary/aromatic N) is 1. The largest absolute Gasteiger partial charge is 0.457 e. The van der Waals surface area contributed by atoms with Crippen molar-refractivity contribution in [1.29, 1.82) is 0 Å². The van der Waals surface area contributed by atoms with Gasteiger partial charge in [-0.3, -0.25) is 0 Å². The van der Waals surface area contributed by atoms with E-state index in [4.69, 9.17) is 10.5 Å². The van der Waals surface area contributed by atoms with Gasteiger partial charge in [0.1, 0.15) is 22.9 Å². The Morgan fingerprint density at radius 2 is 1.23 bits per heavy atom. The molecule has 1 heterocycles. The summed E-state index contributed by atoms with van der Waals surface area (Å²) in [6.07, 6.45) is -10.1. The van der Waals surface area contributed by atoms with E-state index in [-0.39, 0.29) is 5.75 Å². The van der Waals surface area contributed by atoms with Gasteiger partial charge in [-0.2, -0.15) is 26.3 Å². The molecular weight excluding hydrogens is 314 g/mol. The second-order valence-electron chi connectivity index (χ2n) is 4.24. The average molecular weight is 322 g/mol. The number of rotatable bonds is 2. The van der Waals surface area contributed by atoms with Gasteiger partial charge in [0.2, 0.25) is 0 Å². The lowest BCUT2D eigenvalue weighted by Crippen LogP contribution is -2.15. The normalized spacial score (nSPS) is 12.3. The molecule has 0 unspecified atom stereocenters. The molecule has 22 heavy (non-hydrogen) atoms. The van der Waals surface area contributed by atoms with E-state index in [1.54, 1.807) is 0 Å². The Morgan fingerprint density at radius 3 is 1.64 bits per heavy atom. The molecule has 1 aromatic carbocycles. The maximum absolute atomic E-state index is 12.6. The summed E-state index contributed by atoms with van der Waals surface area (Å²) in [6.45, 7) is 0. The van der Waals surface area contributed by atoms with Crippen molar-refractivity contribution in [3.8, 4) is 11.5 Å². The van der Waals surface area contributed by atoms with Gasteiger partial charge in [0.05, 0.1) is 0 Å². The van der Waals surface area contributed by atoms with E-state index in [2.05, 4.69) is 4.98 Å². The highest BCUT2D eigenvalue weighted by Gasteiger charge is 2.39. The fraction of sp³-hybridized carbons (Fsp3) is 0.154. The maximum Gasteiger partial charge on any atom is 0.433 e. The van der Waals surface area contributed by atoms with E-state index < -0.39 is 29.5 Å². The zero-order chi connectivity index (χ0) is 16.5. The minimum Gasteiger partial charge on any atom is -0.457 e. The highest BCUT2D eigenvalue weighted by Crippen LogP contribution is 2.36. The molecule has 0 saturated heterocycles. The number of nitrogen functional groups attached to an aromatic ring is 1. The zero-order valence-electron chi connectivity index (χ0n) is 10.7. The topological polar surface area (TPSA) is 48.1 Å². The third kappa shape index (κ3) is 3.80. The third-order valence-electron chi connectivity index (χ3n) is 2.50. The number of ether oxygens (including phenoxy) is 1. The highest BCUT2D eigenvalue weighted by atomic mass is 19.4. The van der Waals surface area contributed by atoms with Crippen molar-refractivity contribution in [2.75, 3.05) is 5.73 Å². The SMILES string of the molecule is Nc1ccc(Oc2cc(C(F)(F)F)nc(C(F)(F)F)c2)cc1. The Morgan fingerprint density at radius 1 is 0.773 bits per heavy atom. The number of aromatic nitrogens is 1. The molecule has 0 amide bonds. The van der Waals surface area contributed by atoms with Crippen molar-refractivity contribution >= 4 is 5.69 Å². The fourth-order valence-corrected chi connectivity index (χ4v) is 1.53. The van der Waals surface area contributed by atoms with Crippen molar-refractivity contribution < 1.29 is 31.1 Å². The van der Waals surface area contributed by atoms with E-state index >= 15 is 0 Å². The summed E-state index contributed by atoms with van der Waals surface area (Å²) < 4.78 is 80.8. The Hall–Kier alpha value is -2.45. The minimum absolute atomic E-state index is 0.0432. The van der Waals surface area contributed by atoms with E-state index in [1.165, 1.54) is 24.3 Å². The van der Waals surface area contributed by atoms with Gasteiger partial charge >= 0.3 is 12.4 Å². The summed E-state index contributed by atoms with van der Waals surface area (Å²) in [7, 11) is 0. The van der Waals surface area contributed by atoms with Gasteiger partial charge in [0, 0.05) is 17.8 Å². The van der Waals surface area contributed by atoms with Gasteiger partial charge in [0.15, 0.2) is 0 Å². The number of hydrogen-bond donors (Lipinski definition) is 1. The van der Waals surface area contributed by atoms with Crippen LogP contribution in [0, 0.1) is 0 Å². The molecule has 9 heteroatoms. The molecule has 1 aromatic heterocycles. The molecule has 0 spiro atoms. The number of hydrogen-bond acceptors (Lipinski definition) is 3. The van der Waals surface area contributed by atoms with E-state index in [9.17, 15) is 26.3 Å². The second kappa shape index (κ2) is 5.39. The Bertz CT molecular complexity index is 631. The van der Waals surface area contributed by atoms with Crippen LogP contribution in [-0.2, 0) is 12.4 Å². The number of halogens is 6. The van der Waals surface area contributed by atoms with Crippen LogP contribution >= 0.6 is 0 Å². The summed E-state index contributed by atoms with van der Waals surface area (Å²) in [5.74, 6) is -0.582.